The van der Waals surface area contributed by atoms with E-state index in [2.05, 4.69) is 5.32 Å². The minimum Gasteiger partial charge on any atom is -0.491 e. The highest BCUT2D eigenvalue weighted by molar-refractivity contribution is 5.66. The van der Waals surface area contributed by atoms with Crippen molar-refractivity contribution in [1.29, 1.82) is 5.26 Å². The number of carbonyl (C=O) groups is 1. The topological polar surface area (TPSA) is 83.8 Å². The van der Waals surface area contributed by atoms with Crippen molar-refractivity contribution in [3.63, 3.8) is 0 Å². The van der Waals surface area contributed by atoms with E-state index < -0.39 is 48.4 Å². The molecule has 2 atom stereocenters. The van der Waals surface area contributed by atoms with Gasteiger partial charge in [-0.3, -0.25) is 0 Å². The third-order valence-corrected chi connectivity index (χ3v) is 4.98. The molecule has 0 bridgehead atoms. The molecule has 0 spiro atoms. The number of nitrogens with one attached hydrogen (secondary N) is 1. The van der Waals surface area contributed by atoms with Crippen molar-refractivity contribution in [3.05, 3.63) is 59.2 Å². The van der Waals surface area contributed by atoms with Crippen LogP contribution in [0.3, 0.4) is 0 Å². The van der Waals surface area contributed by atoms with Gasteiger partial charge < -0.3 is 24.4 Å². The normalized spacial score (nSPS) is 18.2. The van der Waals surface area contributed by atoms with Crippen molar-refractivity contribution in [1.82, 2.24) is 5.32 Å². The number of hydrogen-bond donors (Lipinski definition) is 1. The lowest BCUT2D eigenvalue weighted by Gasteiger charge is -2.27. The molecule has 0 radical (unpaired) electrons. The summed E-state index contributed by atoms with van der Waals surface area (Å²) in [5.41, 5.74) is -1.78. The monoisotopic (exact) mass is 503 g/mol. The number of alkyl halides is 6. The molecule has 7 nitrogen and oxygen atoms in total. The number of rotatable bonds is 6. The number of hydrogen-bond acceptors (Lipinski definition) is 6. The third kappa shape index (κ3) is 6.48. The smallest absolute Gasteiger partial charge is 0.433 e. The Morgan fingerprint density at radius 1 is 1.17 bits per heavy atom. The van der Waals surface area contributed by atoms with E-state index in [1.807, 2.05) is 0 Å². The van der Waals surface area contributed by atoms with Gasteiger partial charge in [-0.05, 0) is 35.9 Å². The van der Waals surface area contributed by atoms with Gasteiger partial charge in [0.15, 0.2) is 0 Å². The molecule has 13 heteroatoms. The van der Waals surface area contributed by atoms with Crippen molar-refractivity contribution >= 4 is 11.8 Å². The van der Waals surface area contributed by atoms with Crippen molar-refractivity contribution in [2.45, 2.75) is 31.3 Å². The molecule has 1 aliphatic heterocycles. The van der Waals surface area contributed by atoms with Crippen LogP contribution < -0.4 is 15.0 Å². The Balaban J connectivity index is 1.71. The fourth-order valence-electron chi connectivity index (χ4n) is 3.34. The van der Waals surface area contributed by atoms with Crippen molar-refractivity contribution in [2.24, 2.45) is 0 Å². The van der Waals surface area contributed by atoms with Crippen LogP contribution in [0.2, 0.25) is 0 Å². The molecule has 1 fully saturated rings. The van der Waals surface area contributed by atoms with Crippen LogP contribution in [0.25, 0.3) is 0 Å². The highest BCUT2D eigenvalue weighted by atomic mass is 19.4. The quantitative estimate of drug-likeness (QED) is 0.580. The van der Waals surface area contributed by atoms with Crippen LogP contribution in [0.15, 0.2) is 42.5 Å². The summed E-state index contributed by atoms with van der Waals surface area (Å²) in [5.74, 6) is 0.303. The molecule has 1 saturated heterocycles. The van der Waals surface area contributed by atoms with E-state index in [-0.39, 0.29) is 18.9 Å². The van der Waals surface area contributed by atoms with Crippen molar-refractivity contribution in [3.8, 4) is 11.8 Å². The standard InChI is InChI=1S/C22H19F6N3O4/c1-30-20(32)34-11-13-2-6-16(7-3-13)33-12-17-10-31(19(35-17)22(26,27)28)15-5-4-14(9-29)18(8-15)21(23,24)25/h2-8,17,19H,10-12H2,1H3,(H,30,32)/t17-,19-/m1/s1. The molecule has 188 valence electrons. The fourth-order valence-corrected chi connectivity index (χ4v) is 3.34. The van der Waals surface area contributed by atoms with Gasteiger partial charge in [0, 0.05) is 12.7 Å². The molecular formula is C22H19F6N3O4. The van der Waals surface area contributed by atoms with E-state index in [1.165, 1.54) is 25.2 Å². The van der Waals surface area contributed by atoms with Crippen LogP contribution in [0.1, 0.15) is 16.7 Å². The van der Waals surface area contributed by atoms with Crippen LogP contribution in [-0.4, -0.2) is 44.8 Å². The Kier molecular flexibility index (Phi) is 7.64. The number of halogens is 6. The summed E-state index contributed by atoms with van der Waals surface area (Å²) in [6, 6.07) is 9.95. The predicted molar refractivity (Wildman–Crippen MR) is 109 cm³/mol. The first-order valence-corrected chi connectivity index (χ1v) is 10.1. The van der Waals surface area contributed by atoms with Crippen LogP contribution in [0.5, 0.6) is 5.75 Å². The molecule has 0 aromatic heterocycles. The van der Waals surface area contributed by atoms with Crippen molar-refractivity contribution in [2.75, 3.05) is 25.1 Å². The number of nitriles is 1. The second-order valence-corrected chi connectivity index (χ2v) is 7.42. The molecule has 35 heavy (non-hydrogen) atoms. The zero-order chi connectivity index (χ0) is 25.8. The molecule has 0 unspecified atom stereocenters. The lowest BCUT2D eigenvalue weighted by Crippen LogP contribution is -2.42. The number of anilines is 1. The van der Waals surface area contributed by atoms with Gasteiger partial charge in [-0.15, -0.1) is 0 Å². The maximum atomic E-state index is 13.6. The van der Waals surface area contributed by atoms with Gasteiger partial charge in [-0.2, -0.15) is 31.6 Å². The van der Waals surface area contributed by atoms with Gasteiger partial charge in [-0.1, -0.05) is 12.1 Å². The summed E-state index contributed by atoms with van der Waals surface area (Å²) >= 11 is 0. The van der Waals surface area contributed by atoms with E-state index in [4.69, 9.17) is 19.5 Å². The number of benzene rings is 2. The third-order valence-electron chi connectivity index (χ3n) is 4.98. The summed E-state index contributed by atoms with van der Waals surface area (Å²) in [5, 5.41) is 11.2. The van der Waals surface area contributed by atoms with E-state index in [0.29, 0.717) is 22.3 Å². The number of ether oxygens (including phenoxy) is 3. The number of nitrogens with zero attached hydrogens (tertiary/aromatic N) is 2. The molecule has 1 N–H and O–H groups in total. The number of carbonyl (C=O) groups excluding carboxylic acids is 1. The predicted octanol–water partition coefficient (Wildman–Crippen LogP) is 4.61. The molecule has 1 amide bonds. The molecule has 0 saturated carbocycles. The van der Waals surface area contributed by atoms with Gasteiger partial charge >= 0.3 is 18.4 Å². The van der Waals surface area contributed by atoms with Gasteiger partial charge in [0.25, 0.3) is 0 Å². The molecule has 2 aromatic rings. The number of amides is 1. The van der Waals surface area contributed by atoms with E-state index in [0.717, 1.165) is 12.1 Å². The number of alkyl carbamates (subject to hydrolysis) is 1. The van der Waals surface area contributed by atoms with E-state index in [1.54, 1.807) is 12.1 Å². The Labute approximate surface area is 195 Å². The first-order chi connectivity index (χ1) is 16.4. The van der Waals surface area contributed by atoms with Crippen molar-refractivity contribution < 1.29 is 45.3 Å². The molecule has 0 aliphatic carbocycles. The SMILES string of the molecule is CNC(=O)OCc1ccc(OC[C@H]2CN(c3ccc(C#N)c(C(F)(F)F)c3)[C@@H](C(F)(F)F)O2)cc1. The highest BCUT2D eigenvalue weighted by Gasteiger charge is 2.51. The van der Waals surface area contributed by atoms with Gasteiger partial charge in [0.05, 0.1) is 23.7 Å². The van der Waals surface area contributed by atoms with Gasteiger partial charge in [-0.25, -0.2) is 4.79 Å². The van der Waals surface area contributed by atoms with Crippen LogP contribution in [0, 0.1) is 11.3 Å². The second kappa shape index (κ2) is 10.3. The van der Waals surface area contributed by atoms with Crippen LogP contribution >= 0.6 is 0 Å². The summed E-state index contributed by atoms with van der Waals surface area (Å²) in [6.07, 6.45) is -14.0. The minimum atomic E-state index is -4.92. The molecular weight excluding hydrogens is 484 g/mol. The Bertz CT molecular complexity index is 1080. The zero-order valence-electron chi connectivity index (χ0n) is 18.1. The molecule has 3 rings (SSSR count). The average molecular weight is 503 g/mol. The largest absolute Gasteiger partial charge is 0.491 e. The average Bonchev–Trinajstić information content (AvgIpc) is 3.26. The maximum Gasteiger partial charge on any atom is 0.433 e. The van der Waals surface area contributed by atoms with Gasteiger partial charge in [0.2, 0.25) is 6.23 Å². The Morgan fingerprint density at radius 3 is 2.43 bits per heavy atom. The van der Waals surface area contributed by atoms with Crippen LogP contribution in [-0.2, 0) is 22.3 Å². The first kappa shape index (κ1) is 26.0. The molecule has 2 aromatic carbocycles. The van der Waals surface area contributed by atoms with E-state index in [9.17, 15) is 31.1 Å². The molecule has 1 aliphatic rings. The summed E-state index contributed by atoms with van der Waals surface area (Å²) < 4.78 is 96.1. The van der Waals surface area contributed by atoms with E-state index >= 15 is 0 Å². The lowest BCUT2D eigenvalue weighted by molar-refractivity contribution is -0.215. The highest BCUT2D eigenvalue weighted by Crippen LogP contribution is 2.39. The van der Waals surface area contributed by atoms with Crippen LogP contribution in [0.4, 0.5) is 36.8 Å². The molecule has 1 heterocycles. The first-order valence-electron chi connectivity index (χ1n) is 10.1. The second-order valence-electron chi connectivity index (χ2n) is 7.42. The van der Waals surface area contributed by atoms with Gasteiger partial charge in [0.1, 0.15) is 25.1 Å². The fraction of sp³-hybridized carbons (Fsp3) is 0.364. The Morgan fingerprint density at radius 2 is 1.86 bits per heavy atom. The summed E-state index contributed by atoms with van der Waals surface area (Å²) in [7, 11) is 1.41. The maximum absolute atomic E-state index is 13.6. The summed E-state index contributed by atoms with van der Waals surface area (Å²) in [6.45, 7) is -0.705. The minimum absolute atomic E-state index is 0.00157. The lowest BCUT2D eigenvalue weighted by atomic mass is 10.1. The Hall–Kier alpha value is -3.66. The zero-order valence-corrected chi connectivity index (χ0v) is 18.1. The summed E-state index contributed by atoms with van der Waals surface area (Å²) in [4.78, 5) is 11.8.